The molecular formula is C8H14N5O11P3. The molecule has 2 rings (SSSR count). The Morgan fingerprint density at radius 3 is 2.37 bits per heavy atom. The number of nitrogens with zero attached hydrogens (tertiary/aromatic N) is 4. The van der Waals surface area contributed by atoms with Gasteiger partial charge in [-0.15, -0.1) is 0 Å². The summed E-state index contributed by atoms with van der Waals surface area (Å²) >= 11 is 0. The average molecular weight is 449 g/mol. The van der Waals surface area contributed by atoms with Gasteiger partial charge in [-0.25, -0.2) is 28.6 Å². The molecule has 2 unspecified atom stereocenters. The summed E-state index contributed by atoms with van der Waals surface area (Å²) in [4.78, 5) is 46.7. The molecule has 0 saturated heterocycles. The average Bonchev–Trinajstić information content (AvgIpc) is 2.86. The van der Waals surface area contributed by atoms with E-state index in [1.165, 1.54) is 10.9 Å². The van der Waals surface area contributed by atoms with E-state index in [-0.39, 0.29) is 23.5 Å². The Hall–Kier alpha value is -1.28. The molecule has 0 aliphatic heterocycles. The number of anilines is 1. The maximum atomic E-state index is 11.6. The summed E-state index contributed by atoms with van der Waals surface area (Å²) in [5.41, 5.74) is 6.13. The van der Waals surface area contributed by atoms with Gasteiger partial charge in [0.15, 0.2) is 11.5 Å². The van der Waals surface area contributed by atoms with Crippen molar-refractivity contribution in [2.45, 2.75) is 12.6 Å². The van der Waals surface area contributed by atoms with Gasteiger partial charge in [0, 0.05) is 0 Å². The van der Waals surface area contributed by atoms with Gasteiger partial charge in [0.05, 0.1) is 25.6 Å². The molecule has 27 heavy (non-hydrogen) atoms. The number of rotatable bonds is 9. The van der Waals surface area contributed by atoms with Crippen LogP contribution in [-0.2, 0) is 33.4 Å². The highest BCUT2D eigenvalue weighted by Crippen LogP contribution is 2.66. The predicted molar refractivity (Wildman–Crippen MR) is 85.6 cm³/mol. The van der Waals surface area contributed by atoms with Crippen LogP contribution in [0.3, 0.4) is 0 Å². The molecular weight excluding hydrogens is 435 g/mol. The first kappa shape index (κ1) is 22.0. The lowest BCUT2D eigenvalue weighted by Crippen LogP contribution is -2.21. The number of aliphatic hydroxyl groups is 1. The smallest absolute Gasteiger partial charge is 0.389 e. The van der Waals surface area contributed by atoms with E-state index >= 15 is 0 Å². The highest BCUT2D eigenvalue weighted by Gasteiger charge is 2.40. The topological polar surface area (TPSA) is 250 Å². The van der Waals surface area contributed by atoms with Gasteiger partial charge in [-0.2, -0.15) is 8.62 Å². The Morgan fingerprint density at radius 1 is 1.07 bits per heavy atom. The quantitative estimate of drug-likeness (QED) is 0.254. The molecule has 0 aromatic carbocycles. The largest absolute Gasteiger partial charge is 0.490 e. The third-order valence-corrected chi connectivity index (χ3v) is 6.49. The molecule has 0 amide bonds. The van der Waals surface area contributed by atoms with E-state index in [1.807, 2.05) is 0 Å². The number of phosphoric acid groups is 3. The van der Waals surface area contributed by atoms with E-state index in [4.69, 9.17) is 20.4 Å². The Kier molecular flexibility index (Phi) is 6.52. The summed E-state index contributed by atoms with van der Waals surface area (Å²) in [6, 6.07) is 0. The summed E-state index contributed by atoms with van der Waals surface area (Å²) < 4.78 is 46.0. The van der Waals surface area contributed by atoms with Gasteiger partial charge in [-0.1, -0.05) is 0 Å². The number of fused-ring (bicyclic) bond motifs is 1. The molecule has 3 atom stereocenters. The van der Waals surface area contributed by atoms with Crippen molar-refractivity contribution >= 4 is 40.4 Å². The molecule has 2 heterocycles. The number of hydrogen-bond acceptors (Lipinski definition) is 11. The molecule has 2 aromatic heterocycles. The zero-order valence-corrected chi connectivity index (χ0v) is 15.7. The maximum Gasteiger partial charge on any atom is 0.490 e. The molecule has 0 spiro atoms. The predicted octanol–water partition coefficient (Wildman–Crippen LogP) is -0.887. The van der Waals surface area contributed by atoms with E-state index in [2.05, 4.69) is 28.1 Å². The summed E-state index contributed by atoms with van der Waals surface area (Å²) in [6.07, 6.45) is 0.987. The number of imidazole rings is 1. The van der Waals surface area contributed by atoms with Crippen LogP contribution < -0.4 is 5.73 Å². The normalized spacial score (nSPS) is 18.1. The van der Waals surface area contributed by atoms with Gasteiger partial charge >= 0.3 is 23.5 Å². The Balaban J connectivity index is 1.96. The van der Waals surface area contributed by atoms with Crippen molar-refractivity contribution < 1.29 is 51.5 Å². The lowest BCUT2D eigenvalue weighted by atomic mass is 10.4. The molecule has 0 saturated carbocycles. The lowest BCUT2D eigenvalue weighted by molar-refractivity contribution is 0.0727. The van der Waals surface area contributed by atoms with Crippen molar-refractivity contribution in [1.29, 1.82) is 0 Å². The monoisotopic (exact) mass is 449 g/mol. The van der Waals surface area contributed by atoms with Crippen LogP contribution in [0, 0.1) is 0 Å². The van der Waals surface area contributed by atoms with Crippen molar-refractivity contribution in [3.63, 3.8) is 0 Å². The molecule has 0 aliphatic carbocycles. The van der Waals surface area contributed by atoms with Crippen molar-refractivity contribution in [2.24, 2.45) is 0 Å². The minimum atomic E-state index is -5.62. The molecule has 0 bridgehead atoms. The number of aromatic nitrogens is 4. The molecule has 2 aromatic rings. The minimum absolute atomic E-state index is 0.0986. The molecule has 0 aliphatic rings. The van der Waals surface area contributed by atoms with Crippen molar-refractivity contribution in [1.82, 2.24) is 19.5 Å². The third kappa shape index (κ3) is 6.68. The minimum Gasteiger partial charge on any atom is -0.389 e. The fourth-order valence-electron chi connectivity index (χ4n) is 1.80. The van der Waals surface area contributed by atoms with Crippen LogP contribution in [0.1, 0.15) is 0 Å². The maximum absolute atomic E-state index is 11.6. The summed E-state index contributed by atoms with van der Waals surface area (Å²) in [7, 11) is -16.4. The SMILES string of the molecule is Nc1ncnc2c1ncn2C[C@H](O)COP(=O)(O)OP(=O)(O)OP(=O)(O)O. The fourth-order valence-corrected chi connectivity index (χ4v) is 4.85. The van der Waals surface area contributed by atoms with Crippen LogP contribution in [0.2, 0.25) is 0 Å². The second kappa shape index (κ2) is 7.99. The second-order valence-corrected chi connectivity index (χ2v) is 9.29. The van der Waals surface area contributed by atoms with Crippen molar-refractivity contribution in [3.05, 3.63) is 12.7 Å². The highest BCUT2D eigenvalue weighted by atomic mass is 31.3. The Bertz CT molecular complexity index is 959. The number of phosphoric ester groups is 1. The van der Waals surface area contributed by atoms with E-state index < -0.39 is 36.2 Å². The summed E-state index contributed by atoms with van der Waals surface area (Å²) in [5.74, 6) is 0.0986. The lowest BCUT2D eigenvalue weighted by Gasteiger charge is -2.18. The van der Waals surface area contributed by atoms with Crippen LogP contribution in [0.5, 0.6) is 0 Å². The van der Waals surface area contributed by atoms with Gasteiger partial charge < -0.3 is 35.0 Å². The van der Waals surface area contributed by atoms with Gasteiger partial charge in [0.1, 0.15) is 11.8 Å². The van der Waals surface area contributed by atoms with Crippen LogP contribution in [0.15, 0.2) is 12.7 Å². The molecule has 7 N–H and O–H groups in total. The Morgan fingerprint density at radius 2 is 1.74 bits per heavy atom. The zero-order valence-electron chi connectivity index (χ0n) is 13.0. The third-order valence-electron chi connectivity index (χ3n) is 2.68. The van der Waals surface area contributed by atoms with Crippen LogP contribution in [0.4, 0.5) is 5.82 Å². The zero-order chi connectivity index (χ0) is 20.5. The van der Waals surface area contributed by atoms with Crippen molar-refractivity contribution in [3.8, 4) is 0 Å². The van der Waals surface area contributed by atoms with Gasteiger partial charge in [0.25, 0.3) is 0 Å². The first-order valence-corrected chi connectivity index (χ1v) is 11.2. The molecule has 19 heteroatoms. The van der Waals surface area contributed by atoms with E-state index in [9.17, 15) is 23.7 Å². The number of aliphatic hydroxyl groups excluding tert-OH is 1. The summed E-state index contributed by atoms with van der Waals surface area (Å²) in [6.45, 7) is -1.10. The second-order valence-electron chi connectivity index (χ2n) is 4.87. The number of nitrogen functional groups attached to an aromatic ring is 1. The Labute approximate surface area is 150 Å². The molecule has 0 radical (unpaired) electrons. The number of nitrogens with two attached hydrogens (primary N) is 1. The van der Waals surface area contributed by atoms with Crippen LogP contribution in [0.25, 0.3) is 11.2 Å². The molecule has 0 fully saturated rings. The van der Waals surface area contributed by atoms with Crippen LogP contribution >= 0.6 is 23.5 Å². The van der Waals surface area contributed by atoms with Crippen molar-refractivity contribution in [2.75, 3.05) is 12.3 Å². The fraction of sp³-hybridized carbons (Fsp3) is 0.375. The van der Waals surface area contributed by atoms with E-state index in [1.54, 1.807) is 0 Å². The first-order valence-electron chi connectivity index (χ1n) is 6.66. The van der Waals surface area contributed by atoms with Gasteiger partial charge in [-0.3, -0.25) is 4.52 Å². The van der Waals surface area contributed by atoms with Gasteiger partial charge in [-0.05, 0) is 0 Å². The summed E-state index contributed by atoms with van der Waals surface area (Å²) in [5, 5.41) is 9.87. The van der Waals surface area contributed by atoms with E-state index in [0.29, 0.717) is 0 Å². The first-order chi connectivity index (χ1) is 12.3. The molecule has 16 nitrogen and oxygen atoms in total. The number of hydrogen-bond donors (Lipinski definition) is 6. The van der Waals surface area contributed by atoms with E-state index in [0.717, 1.165) is 6.33 Å². The highest BCUT2D eigenvalue weighted by molar-refractivity contribution is 7.66. The van der Waals surface area contributed by atoms with Gasteiger partial charge in [0.2, 0.25) is 0 Å². The standard InChI is InChI=1S/C8H14N5O11P3/c9-7-6-8(11-3-10-7)13(4-12-6)1-5(14)2-22-26(18,19)24-27(20,21)23-25(15,16)17/h3-5,14H,1-2H2,(H,18,19)(H,20,21)(H2,9,10,11)(H2,15,16,17)/t5-/m0/s1. The molecule has 152 valence electrons. The van der Waals surface area contributed by atoms with Crippen LogP contribution in [-0.4, -0.2) is 56.9 Å².